The van der Waals surface area contributed by atoms with Gasteiger partial charge in [-0.05, 0) is 50.3 Å². The molecule has 0 N–H and O–H groups in total. The summed E-state index contributed by atoms with van der Waals surface area (Å²) in [5.41, 5.74) is 0.991. The summed E-state index contributed by atoms with van der Waals surface area (Å²) in [5.74, 6) is 2.21. The van der Waals surface area contributed by atoms with Gasteiger partial charge in [-0.1, -0.05) is 30.3 Å². The van der Waals surface area contributed by atoms with E-state index in [1.54, 1.807) is 46.8 Å². The van der Waals surface area contributed by atoms with Crippen molar-refractivity contribution in [1.29, 1.82) is 0 Å². The van der Waals surface area contributed by atoms with Crippen molar-refractivity contribution in [2.24, 2.45) is 35.2 Å². The summed E-state index contributed by atoms with van der Waals surface area (Å²) >= 11 is 0. The Bertz CT molecular complexity index is 1320. The van der Waals surface area contributed by atoms with Crippen LogP contribution in [-0.2, 0) is 35.2 Å². The predicted molar refractivity (Wildman–Crippen MR) is 129 cm³/mol. The third-order valence-electron chi connectivity index (χ3n) is 3.88. The summed E-state index contributed by atoms with van der Waals surface area (Å²) in [6.45, 7) is 3.65. The fourth-order valence-electron chi connectivity index (χ4n) is 2.07. The minimum absolute atomic E-state index is 0.665. The average molecular weight is 525 g/mol. The van der Waals surface area contributed by atoms with E-state index < -0.39 is 0 Å². The number of hydrogen-bond acceptors (Lipinski definition) is 15. The summed E-state index contributed by atoms with van der Waals surface area (Å²) < 4.78 is 3.14. The zero-order valence-corrected chi connectivity index (χ0v) is 22.0. The van der Waals surface area contributed by atoms with Gasteiger partial charge < -0.3 is 0 Å². The van der Waals surface area contributed by atoms with Crippen LogP contribution in [0.25, 0.3) is 11.4 Å². The van der Waals surface area contributed by atoms with E-state index in [9.17, 15) is 0 Å². The van der Waals surface area contributed by atoms with Gasteiger partial charge >= 0.3 is 0 Å². The Labute approximate surface area is 216 Å². The Kier molecular flexibility index (Phi) is 11.8. The van der Waals surface area contributed by atoms with Crippen LogP contribution in [0, 0.1) is 13.8 Å². The van der Waals surface area contributed by atoms with Crippen LogP contribution >= 0.6 is 0 Å². The SMILES string of the molecule is Cc1nnn(C)n1.Cc1nnnn1C.Cn1cnnn1.Cn1ncnn1.Cn1nnc(-c2ccccc2)n1. The third kappa shape index (κ3) is 11.3. The summed E-state index contributed by atoms with van der Waals surface area (Å²) in [4.78, 5) is 4.26. The average Bonchev–Trinajstić information content (AvgIpc) is 3.75. The maximum Gasteiger partial charge on any atom is 0.204 e. The largest absolute Gasteiger partial charge is 0.236 e. The predicted octanol–water partition coefficient (Wildman–Crippen LogP) is -1.67. The number of nitrogens with zero attached hydrogens (tertiary/aromatic N) is 20. The molecule has 20 heteroatoms. The molecular weight excluding hydrogens is 496 g/mol. The van der Waals surface area contributed by atoms with Crippen molar-refractivity contribution in [3.8, 4) is 11.4 Å². The fourth-order valence-corrected chi connectivity index (χ4v) is 2.07. The third-order valence-corrected chi connectivity index (χ3v) is 3.88. The number of rotatable bonds is 1. The van der Waals surface area contributed by atoms with Gasteiger partial charge in [0.25, 0.3) is 0 Å². The van der Waals surface area contributed by atoms with Crippen LogP contribution in [0.2, 0.25) is 0 Å². The Morgan fingerprint density at radius 2 is 1.34 bits per heavy atom. The van der Waals surface area contributed by atoms with Gasteiger partial charge in [-0.25, -0.2) is 9.36 Å². The summed E-state index contributed by atoms with van der Waals surface area (Å²) in [6, 6.07) is 9.77. The topological polar surface area (TPSA) is 218 Å². The lowest BCUT2D eigenvalue weighted by molar-refractivity contribution is 0.629. The standard InChI is InChI=1S/C8H8N4.2C3H6N4.2C2H4N4/c1-12-10-8(9-11-12)7-5-3-2-4-6-7;1-3-4-5-6-7(3)2;1-3-4-6-7(2)5-3;1-6-2-3-4-5-6;1-6-4-2-3-5-6/h2-6H,1H3;2*1-2H3;2*2H,1H3. The molecule has 0 saturated carbocycles. The van der Waals surface area contributed by atoms with Crippen molar-refractivity contribution in [3.05, 3.63) is 54.6 Å². The molecule has 5 aromatic heterocycles. The lowest BCUT2D eigenvalue weighted by atomic mass is 10.2. The van der Waals surface area contributed by atoms with Gasteiger partial charge in [0.15, 0.2) is 12.2 Å². The number of tetrazole rings is 5. The van der Waals surface area contributed by atoms with Crippen LogP contribution in [0.4, 0.5) is 0 Å². The molecule has 0 aliphatic carbocycles. The molecule has 200 valence electrons. The molecule has 0 unspecified atom stereocenters. The number of hydrogen-bond donors (Lipinski definition) is 0. The highest BCUT2D eigenvalue weighted by Gasteiger charge is 2.01. The van der Waals surface area contributed by atoms with Crippen molar-refractivity contribution in [3.63, 3.8) is 0 Å². The first kappa shape index (κ1) is 28.8. The summed E-state index contributed by atoms with van der Waals surface area (Å²) in [5, 5.41) is 54.0. The highest BCUT2D eigenvalue weighted by atomic mass is 15.6. The zero-order chi connectivity index (χ0) is 27.8. The molecule has 0 spiro atoms. The molecule has 6 rings (SSSR count). The first-order valence-corrected chi connectivity index (χ1v) is 10.8. The minimum atomic E-state index is 0.665. The van der Waals surface area contributed by atoms with E-state index in [1.165, 1.54) is 31.7 Å². The second-order valence-electron chi connectivity index (χ2n) is 7.05. The van der Waals surface area contributed by atoms with Crippen molar-refractivity contribution in [2.45, 2.75) is 13.8 Å². The van der Waals surface area contributed by atoms with Gasteiger partial charge in [0.05, 0.1) is 21.1 Å². The molecule has 0 aliphatic heterocycles. The number of benzene rings is 1. The van der Waals surface area contributed by atoms with Crippen LogP contribution in [0.15, 0.2) is 43.0 Å². The highest BCUT2D eigenvalue weighted by molar-refractivity contribution is 5.52. The fraction of sp³-hybridized carbons (Fsp3) is 0.389. The normalized spacial score (nSPS) is 9.45. The van der Waals surface area contributed by atoms with E-state index in [2.05, 4.69) is 77.3 Å². The van der Waals surface area contributed by atoms with Crippen LogP contribution in [0.1, 0.15) is 11.6 Å². The first-order valence-electron chi connectivity index (χ1n) is 10.8. The van der Waals surface area contributed by atoms with Gasteiger partial charge in [0.1, 0.15) is 12.2 Å². The molecule has 5 heterocycles. The molecule has 20 nitrogen and oxygen atoms in total. The first-order chi connectivity index (χ1) is 18.2. The molecular formula is C18H28N20. The molecule has 38 heavy (non-hydrogen) atoms. The monoisotopic (exact) mass is 524 g/mol. The van der Waals surface area contributed by atoms with Crippen LogP contribution in [0.5, 0.6) is 0 Å². The molecule has 6 aromatic rings. The van der Waals surface area contributed by atoms with E-state index in [-0.39, 0.29) is 0 Å². The molecule has 0 atom stereocenters. The molecule has 0 saturated heterocycles. The van der Waals surface area contributed by atoms with Crippen molar-refractivity contribution >= 4 is 0 Å². The second-order valence-corrected chi connectivity index (χ2v) is 7.05. The van der Waals surface area contributed by atoms with E-state index >= 15 is 0 Å². The maximum absolute atomic E-state index is 4.08. The van der Waals surface area contributed by atoms with Crippen molar-refractivity contribution < 1.29 is 0 Å². The molecule has 0 radical (unpaired) electrons. The Balaban J connectivity index is 0.000000172. The van der Waals surface area contributed by atoms with Crippen LogP contribution in [-0.4, -0.2) is 101 Å². The highest BCUT2D eigenvalue weighted by Crippen LogP contribution is 2.10. The van der Waals surface area contributed by atoms with Crippen molar-refractivity contribution in [2.75, 3.05) is 0 Å². The van der Waals surface area contributed by atoms with E-state index in [0.717, 1.165) is 11.4 Å². The van der Waals surface area contributed by atoms with Gasteiger partial charge in [-0.2, -0.15) is 14.4 Å². The molecule has 0 bridgehead atoms. The van der Waals surface area contributed by atoms with Gasteiger partial charge in [-0.3, -0.25) is 0 Å². The molecule has 0 amide bonds. The lowest BCUT2D eigenvalue weighted by Gasteiger charge is -1.90. The van der Waals surface area contributed by atoms with E-state index in [1.807, 2.05) is 37.3 Å². The quantitative estimate of drug-likeness (QED) is 0.235. The van der Waals surface area contributed by atoms with Gasteiger partial charge in [0.2, 0.25) is 5.82 Å². The summed E-state index contributed by atoms with van der Waals surface area (Å²) in [6.07, 6.45) is 2.92. The van der Waals surface area contributed by atoms with Crippen LogP contribution in [0.3, 0.4) is 0 Å². The Morgan fingerprint density at radius 3 is 1.63 bits per heavy atom. The van der Waals surface area contributed by atoms with Gasteiger partial charge in [0, 0.05) is 19.7 Å². The van der Waals surface area contributed by atoms with Crippen molar-refractivity contribution in [1.82, 2.24) is 101 Å². The molecule has 0 fully saturated rings. The number of aromatic nitrogens is 20. The smallest absolute Gasteiger partial charge is 0.204 e. The van der Waals surface area contributed by atoms with Gasteiger partial charge in [-0.15, -0.1) is 40.8 Å². The minimum Gasteiger partial charge on any atom is -0.236 e. The second kappa shape index (κ2) is 15.5. The maximum atomic E-state index is 4.08. The van der Waals surface area contributed by atoms with E-state index in [0.29, 0.717) is 11.6 Å². The Morgan fingerprint density at radius 1 is 0.632 bits per heavy atom. The summed E-state index contributed by atoms with van der Waals surface area (Å²) in [7, 11) is 8.77. The Hall–Kier alpha value is -5.43. The van der Waals surface area contributed by atoms with E-state index in [4.69, 9.17) is 0 Å². The molecule has 1 aromatic carbocycles. The zero-order valence-electron chi connectivity index (χ0n) is 22.0. The van der Waals surface area contributed by atoms with Crippen LogP contribution < -0.4 is 0 Å². The lowest BCUT2D eigenvalue weighted by Crippen LogP contribution is -1.92. The molecule has 0 aliphatic rings. The number of aryl methyl sites for hydroxylation is 7.